The van der Waals surface area contributed by atoms with E-state index in [4.69, 9.17) is 0 Å². The number of hydrogen-bond donors (Lipinski definition) is 2. The van der Waals surface area contributed by atoms with Crippen LogP contribution in [0.5, 0.6) is 0 Å². The van der Waals surface area contributed by atoms with Crippen molar-refractivity contribution in [2.24, 2.45) is 0 Å². The molecule has 2 heterocycles. The molecule has 0 radical (unpaired) electrons. The van der Waals surface area contributed by atoms with Crippen LogP contribution in [0, 0.1) is 0 Å². The molecule has 5 heteroatoms. The Balaban J connectivity index is 1.60. The zero-order chi connectivity index (χ0) is 14.8. The highest BCUT2D eigenvalue weighted by Gasteiger charge is 2.20. The summed E-state index contributed by atoms with van der Waals surface area (Å²) in [6.45, 7) is 5.19. The first-order valence-corrected chi connectivity index (χ1v) is 7.58. The molecule has 1 unspecified atom stereocenters. The van der Waals surface area contributed by atoms with E-state index in [1.54, 1.807) is 12.1 Å². The Kier molecular flexibility index (Phi) is 3.92. The molecule has 1 aromatic carbocycles. The van der Waals surface area contributed by atoms with E-state index < -0.39 is 0 Å². The van der Waals surface area contributed by atoms with Crippen molar-refractivity contribution in [1.82, 2.24) is 10.2 Å². The van der Waals surface area contributed by atoms with Crippen molar-refractivity contribution < 1.29 is 9.59 Å². The molecule has 0 aromatic heterocycles. The van der Waals surface area contributed by atoms with Gasteiger partial charge in [0.1, 0.15) is 0 Å². The van der Waals surface area contributed by atoms with E-state index in [9.17, 15) is 9.59 Å². The van der Waals surface area contributed by atoms with Crippen molar-refractivity contribution in [3.05, 3.63) is 29.3 Å². The molecule has 2 aliphatic rings. The Morgan fingerprint density at radius 1 is 1.38 bits per heavy atom. The first-order valence-electron chi connectivity index (χ1n) is 7.58. The Labute approximate surface area is 124 Å². The Morgan fingerprint density at radius 2 is 2.14 bits per heavy atom. The van der Waals surface area contributed by atoms with Crippen LogP contribution in [0.15, 0.2) is 18.2 Å². The van der Waals surface area contributed by atoms with Gasteiger partial charge in [-0.05, 0) is 50.6 Å². The number of benzene rings is 1. The average molecular weight is 287 g/mol. The topological polar surface area (TPSA) is 61.4 Å². The summed E-state index contributed by atoms with van der Waals surface area (Å²) in [6, 6.07) is 5.53. The van der Waals surface area contributed by atoms with Crippen molar-refractivity contribution in [1.29, 1.82) is 0 Å². The molecule has 3 rings (SSSR count). The molecule has 0 aliphatic carbocycles. The van der Waals surface area contributed by atoms with Crippen molar-refractivity contribution in [3.63, 3.8) is 0 Å². The lowest BCUT2D eigenvalue weighted by Gasteiger charge is -2.21. The third-order valence-corrected chi connectivity index (χ3v) is 4.11. The van der Waals surface area contributed by atoms with E-state index in [0.717, 1.165) is 30.9 Å². The number of hydrogen-bond acceptors (Lipinski definition) is 3. The molecule has 2 aliphatic heterocycles. The van der Waals surface area contributed by atoms with Crippen LogP contribution in [0.25, 0.3) is 0 Å². The minimum atomic E-state index is -0.0781. The number of likely N-dealkylation sites (tertiary alicyclic amines) is 1. The van der Waals surface area contributed by atoms with Gasteiger partial charge in [0.25, 0.3) is 5.91 Å². The highest BCUT2D eigenvalue weighted by molar-refractivity contribution is 6.02. The van der Waals surface area contributed by atoms with E-state index in [1.165, 1.54) is 12.8 Å². The van der Waals surface area contributed by atoms with Gasteiger partial charge in [-0.1, -0.05) is 6.07 Å². The van der Waals surface area contributed by atoms with Crippen molar-refractivity contribution in [2.75, 3.05) is 25.0 Å². The van der Waals surface area contributed by atoms with Crippen LogP contribution in [0.3, 0.4) is 0 Å². The lowest BCUT2D eigenvalue weighted by Crippen LogP contribution is -2.41. The summed E-state index contributed by atoms with van der Waals surface area (Å²) in [5.74, 6) is -0.0874. The van der Waals surface area contributed by atoms with Crippen LogP contribution in [0.2, 0.25) is 0 Å². The summed E-state index contributed by atoms with van der Waals surface area (Å²) in [5.41, 5.74) is 2.32. The fourth-order valence-electron chi connectivity index (χ4n) is 3.06. The number of nitrogens with one attached hydrogen (secondary N) is 2. The molecule has 2 N–H and O–H groups in total. The van der Waals surface area contributed by atoms with Gasteiger partial charge < -0.3 is 15.5 Å². The molecular weight excluding hydrogens is 266 g/mol. The van der Waals surface area contributed by atoms with E-state index in [1.807, 2.05) is 13.0 Å². The lowest BCUT2D eigenvalue weighted by molar-refractivity contribution is -0.115. The van der Waals surface area contributed by atoms with Gasteiger partial charge in [0.2, 0.25) is 5.91 Å². The molecule has 112 valence electrons. The molecule has 1 atom stereocenters. The van der Waals surface area contributed by atoms with Gasteiger partial charge in [0.05, 0.1) is 6.42 Å². The van der Waals surface area contributed by atoms with Gasteiger partial charge in [-0.25, -0.2) is 0 Å². The molecule has 1 fully saturated rings. The molecule has 2 amide bonds. The first-order chi connectivity index (χ1) is 10.1. The highest BCUT2D eigenvalue weighted by atomic mass is 16.2. The van der Waals surface area contributed by atoms with Crippen LogP contribution in [-0.4, -0.2) is 42.4 Å². The third-order valence-electron chi connectivity index (χ3n) is 4.11. The second-order valence-corrected chi connectivity index (χ2v) is 5.98. The molecule has 5 nitrogen and oxygen atoms in total. The fraction of sp³-hybridized carbons (Fsp3) is 0.500. The molecule has 21 heavy (non-hydrogen) atoms. The zero-order valence-corrected chi connectivity index (χ0v) is 12.3. The highest BCUT2D eigenvalue weighted by Crippen LogP contribution is 2.24. The fourth-order valence-corrected chi connectivity index (χ4v) is 3.06. The Morgan fingerprint density at radius 3 is 2.90 bits per heavy atom. The van der Waals surface area contributed by atoms with Crippen molar-refractivity contribution in [2.45, 2.75) is 32.2 Å². The van der Waals surface area contributed by atoms with Crippen molar-refractivity contribution in [3.8, 4) is 0 Å². The smallest absolute Gasteiger partial charge is 0.251 e. The summed E-state index contributed by atoms with van der Waals surface area (Å²) in [5, 5.41) is 5.81. The van der Waals surface area contributed by atoms with Gasteiger partial charge in [0.15, 0.2) is 0 Å². The van der Waals surface area contributed by atoms with E-state index >= 15 is 0 Å². The van der Waals surface area contributed by atoms with Crippen LogP contribution in [0.1, 0.15) is 35.7 Å². The van der Waals surface area contributed by atoms with Crippen molar-refractivity contribution >= 4 is 17.5 Å². The lowest BCUT2D eigenvalue weighted by atomic mass is 10.1. The van der Waals surface area contributed by atoms with E-state index in [-0.39, 0.29) is 17.9 Å². The predicted molar refractivity (Wildman–Crippen MR) is 81.4 cm³/mol. The van der Waals surface area contributed by atoms with Crippen LogP contribution >= 0.6 is 0 Å². The van der Waals surface area contributed by atoms with E-state index in [2.05, 4.69) is 15.5 Å². The Bertz CT molecular complexity index is 565. The monoisotopic (exact) mass is 287 g/mol. The predicted octanol–water partition coefficient (Wildman–Crippen LogP) is 1.40. The number of anilines is 1. The summed E-state index contributed by atoms with van der Waals surface area (Å²) >= 11 is 0. The van der Waals surface area contributed by atoms with Crippen LogP contribution in [0.4, 0.5) is 5.69 Å². The normalized spacial score (nSPS) is 19.2. The number of amides is 2. The SMILES string of the molecule is CC(CN1CCCC1)NC(=O)c1ccc2c(c1)NC(=O)C2. The maximum atomic E-state index is 12.3. The minimum absolute atomic E-state index is 0.00930. The quantitative estimate of drug-likeness (QED) is 0.880. The Hall–Kier alpha value is -1.88. The van der Waals surface area contributed by atoms with E-state index in [0.29, 0.717) is 12.0 Å². The molecule has 0 spiro atoms. The summed E-state index contributed by atoms with van der Waals surface area (Å²) in [7, 11) is 0. The summed E-state index contributed by atoms with van der Waals surface area (Å²) < 4.78 is 0. The average Bonchev–Trinajstić information content (AvgIpc) is 3.05. The molecule has 1 saturated heterocycles. The number of rotatable bonds is 4. The van der Waals surface area contributed by atoms with Gasteiger partial charge in [-0.3, -0.25) is 9.59 Å². The largest absolute Gasteiger partial charge is 0.348 e. The second kappa shape index (κ2) is 5.85. The van der Waals surface area contributed by atoms with Crippen LogP contribution < -0.4 is 10.6 Å². The summed E-state index contributed by atoms with van der Waals surface area (Å²) in [6.07, 6.45) is 2.92. The summed E-state index contributed by atoms with van der Waals surface area (Å²) in [4.78, 5) is 26.0. The van der Waals surface area contributed by atoms with Gasteiger partial charge in [-0.2, -0.15) is 0 Å². The first kappa shape index (κ1) is 14.1. The zero-order valence-electron chi connectivity index (χ0n) is 12.3. The molecular formula is C16H21N3O2. The number of carbonyl (C=O) groups is 2. The standard InChI is InChI=1S/C16H21N3O2/c1-11(10-19-6-2-3-7-19)17-16(21)13-5-4-12-9-15(20)18-14(12)8-13/h4-5,8,11H,2-3,6-7,9-10H2,1H3,(H,17,21)(H,18,20). The third kappa shape index (κ3) is 3.24. The van der Waals surface area contributed by atoms with Crippen LogP contribution in [-0.2, 0) is 11.2 Å². The van der Waals surface area contributed by atoms with Gasteiger partial charge in [0, 0.05) is 23.8 Å². The van der Waals surface area contributed by atoms with Gasteiger partial charge in [-0.15, -0.1) is 0 Å². The number of nitrogens with zero attached hydrogens (tertiary/aromatic N) is 1. The number of fused-ring (bicyclic) bond motifs is 1. The molecule has 1 aromatic rings. The maximum Gasteiger partial charge on any atom is 0.251 e. The maximum absolute atomic E-state index is 12.3. The molecule has 0 bridgehead atoms. The second-order valence-electron chi connectivity index (χ2n) is 5.98. The van der Waals surface area contributed by atoms with Gasteiger partial charge >= 0.3 is 0 Å². The molecule has 0 saturated carbocycles. The number of carbonyl (C=O) groups excluding carboxylic acids is 2. The minimum Gasteiger partial charge on any atom is -0.348 e.